The van der Waals surface area contributed by atoms with Crippen molar-refractivity contribution >= 4 is 0 Å². The largest absolute Gasteiger partial charge is 0.329 e. The summed E-state index contributed by atoms with van der Waals surface area (Å²) in [6, 6.07) is 2.14. The third-order valence-electron chi connectivity index (χ3n) is 2.86. The summed E-state index contributed by atoms with van der Waals surface area (Å²) >= 11 is 0. The second-order valence-electron chi connectivity index (χ2n) is 3.75. The van der Waals surface area contributed by atoms with Gasteiger partial charge in [0.15, 0.2) is 0 Å². The summed E-state index contributed by atoms with van der Waals surface area (Å²) in [4.78, 5) is 0. The van der Waals surface area contributed by atoms with Gasteiger partial charge in [0.2, 0.25) is 0 Å². The first kappa shape index (κ1) is 8.75. The van der Waals surface area contributed by atoms with Crippen molar-refractivity contribution in [3.05, 3.63) is 18.0 Å². The van der Waals surface area contributed by atoms with Gasteiger partial charge in [0.1, 0.15) is 0 Å². The van der Waals surface area contributed by atoms with E-state index < -0.39 is 0 Å². The number of aromatic nitrogens is 2. The molecule has 3 nitrogen and oxygen atoms in total. The molecule has 0 aliphatic heterocycles. The SMILES string of the molecule is NCCn1nccc1C1CCCC1. The van der Waals surface area contributed by atoms with Gasteiger partial charge in [-0.05, 0) is 18.9 Å². The summed E-state index contributed by atoms with van der Waals surface area (Å²) in [5.74, 6) is 0.744. The Morgan fingerprint density at radius 1 is 1.46 bits per heavy atom. The van der Waals surface area contributed by atoms with E-state index in [9.17, 15) is 0 Å². The molecule has 1 saturated carbocycles. The average molecular weight is 179 g/mol. The highest BCUT2D eigenvalue weighted by Crippen LogP contribution is 2.33. The minimum absolute atomic E-state index is 0.682. The smallest absolute Gasteiger partial charge is 0.0535 e. The normalized spacial score (nSPS) is 18.2. The summed E-state index contributed by atoms with van der Waals surface area (Å²) in [5, 5.41) is 4.29. The molecule has 72 valence electrons. The van der Waals surface area contributed by atoms with E-state index in [1.165, 1.54) is 31.4 Å². The molecule has 0 bridgehead atoms. The van der Waals surface area contributed by atoms with E-state index in [4.69, 9.17) is 5.73 Å². The standard InChI is InChI=1S/C10H17N3/c11-6-8-13-10(5-7-12-13)9-3-1-2-4-9/h5,7,9H,1-4,6,8,11H2. The molecule has 1 aliphatic rings. The Balaban J connectivity index is 2.13. The van der Waals surface area contributed by atoms with E-state index in [1.54, 1.807) is 0 Å². The summed E-state index contributed by atoms with van der Waals surface area (Å²) in [6.45, 7) is 1.54. The van der Waals surface area contributed by atoms with Crippen molar-refractivity contribution in [1.82, 2.24) is 9.78 Å². The molecule has 13 heavy (non-hydrogen) atoms. The predicted octanol–water partition coefficient (Wildman–Crippen LogP) is 1.50. The van der Waals surface area contributed by atoms with Gasteiger partial charge < -0.3 is 5.73 Å². The Labute approximate surface area is 78.9 Å². The molecule has 1 aromatic rings. The Kier molecular flexibility index (Phi) is 2.64. The van der Waals surface area contributed by atoms with Crippen molar-refractivity contribution in [2.45, 2.75) is 38.1 Å². The van der Waals surface area contributed by atoms with Crippen LogP contribution in [0.2, 0.25) is 0 Å². The molecule has 3 heteroatoms. The first-order valence-electron chi connectivity index (χ1n) is 5.13. The average Bonchev–Trinajstić information content (AvgIpc) is 2.71. The molecule has 1 heterocycles. The maximum atomic E-state index is 5.53. The molecular formula is C10H17N3. The number of rotatable bonds is 3. The third-order valence-corrected chi connectivity index (χ3v) is 2.86. The first-order valence-corrected chi connectivity index (χ1v) is 5.13. The van der Waals surface area contributed by atoms with Crippen LogP contribution >= 0.6 is 0 Å². The molecule has 0 saturated heterocycles. The van der Waals surface area contributed by atoms with Gasteiger partial charge in [-0.25, -0.2) is 0 Å². The predicted molar refractivity (Wildman–Crippen MR) is 52.5 cm³/mol. The zero-order chi connectivity index (χ0) is 9.10. The molecule has 1 aromatic heterocycles. The fraction of sp³-hybridized carbons (Fsp3) is 0.700. The monoisotopic (exact) mass is 179 g/mol. The maximum Gasteiger partial charge on any atom is 0.0535 e. The quantitative estimate of drug-likeness (QED) is 0.764. The van der Waals surface area contributed by atoms with Crippen molar-refractivity contribution in [3.8, 4) is 0 Å². The van der Waals surface area contributed by atoms with Crippen LogP contribution in [0, 0.1) is 0 Å². The van der Waals surface area contributed by atoms with Crippen molar-refractivity contribution in [2.24, 2.45) is 5.73 Å². The molecule has 0 radical (unpaired) electrons. The van der Waals surface area contributed by atoms with Gasteiger partial charge in [-0.1, -0.05) is 12.8 Å². The van der Waals surface area contributed by atoms with Crippen LogP contribution in [-0.2, 0) is 6.54 Å². The number of nitrogens with zero attached hydrogens (tertiary/aromatic N) is 2. The topological polar surface area (TPSA) is 43.8 Å². The molecule has 2 N–H and O–H groups in total. The van der Waals surface area contributed by atoms with Crippen molar-refractivity contribution in [1.29, 1.82) is 0 Å². The zero-order valence-corrected chi connectivity index (χ0v) is 7.95. The maximum absolute atomic E-state index is 5.53. The molecule has 0 aromatic carbocycles. The van der Waals surface area contributed by atoms with Gasteiger partial charge in [0, 0.05) is 24.4 Å². The third kappa shape index (κ3) is 1.75. The minimum atomic E-state index is 0.682. The van der Waals surface area contributed by atoms with Crippen LogP contribution in [-0.4, -0.2) is 16.3 Å². The van der Waals surface area contributed by atoms with Gasteiger partial charge in [-0.3, -0.25) is 4.68 Å². The highest BCUT2D eigenvalue weighted by molar-refractivity contribution is 5.09. The van der Waals surface area contributed by atoms with Gasteiger partial charge >= 0.3 is 0 Å². The lowest BCUT2D eigenvalue weighted by Gasteiger charge is -2.11. The molecule has 1 aliphatic carbocycles. The Bertz CT molecular complexity index is 261. The number of nitrogens with two attached hydrogens (primary N) is 1. The molecule has 0 spiro atoms. The lowest BCUT2D eigenvalue weighted by Crippen LogP contribution is -2.14. The van der Waals surface area contributed by atoms with Crippen LogP contribution in [0.1, 0.15) is 37.3 Å². The van der Waals surface area contributed by atoms with Gasteiger partial charge in [0.25, 0.3) is 0 Å². The van der Waals surface area contributed by atoms with E-state index in [1.807, 2.05) is 6.20 Å². The van der Waals surface area contributed by atoms with E-state index in [-0.39, 0.29) is 0 Å². The Morgan fingerprint density at radius 2 is 2.23 bits per heavy atom. The van der Waals surface area contributed by atoms with Crippen LogP contribution in [0.25, 0.3) is 0 Å². The fourth-order valence-corrected chi connectivity index (χ4v) is 2.22. The van der Waals surface area contributed by atoms with Crippen LogP contribution in [0.4, 0.5) is 0 Å². The van der Waals surface area contributed by atoms with Crippen LogP contribution in [0.15, 0.2) is 12.3 Å². The molecule has 1 fully saturated rings. The zero-order valence-electron chi connectivity index (χ0n) is 7.95. The van der Waals surface area contributed by atoms with Crippen LogP contribution in [0.5, 0.6) is 0 Å². The first-order chi connectivity index (χ1) is 6.42. The highest BCUT2D eigenvalue weighted by atomic mass is 15.3. The van der Waals surface area contributed by atoms with Crippen molar-refractivity contribution in [3.63, 3.8) is 0 Å². The van der Waals surface area contributed by atoms with Crippen molar-refractivity contribution < 1.29 is 0 Å². The van der Waals surface area contributed by atoms with Crippen LogP contribution < -0.4 is 5.73 Å². The lowest BCUT2D eigenvalue weighted by molar-refractivity contribution is 0.551. The highest BCUT2D eigenvalue weighted by Gasteiger charge is 2.19. The minimum Gasteiger partial charge on any atom is -0.329 e. The summed E-state index contributed by atoms with van der Waals surface area (Å²) in [6.07, 6.45) is 7.30. The van der Waals surface area contributed by atoms with Crippen LogP contribution in [0.3, 0.4) is 0 Å². The van der Waals surface area contributed by atoms with Gasteiger partial charge in [0.05, 0.1) is 6.54 Å². The number of hydrogen-bond donors (Lipinski definition) is 1. The van der Waals surface area contributed by atoms with E-state index in [2.05, 4.69) is 15.8 Å². The lowest BCUT2D eigenvalue weighted by atomic mass is 10.0. The van der Waals surface area contributed by atoms with E-state index >= 15 is 0 Å². The molecular weight excluding hydrogens is 162 g/mol. The second kappa shape index (κ2) is 3.92. The van der Waals surface area contributed by atoms with Gasteiger partial charge in [-0.2, -0.15) is 5.10 Å². The molecule has 0 amide bonds. The number of hydrogen-bond acceptors (Lipinski definition) is 2. The molecule has 2 rings (SSSR count). The van der Waals surface area contributed by atoms with Gasteiger partial charge in [-0.15, -0.1) is 0 Å². The summed E-state index contributed by atoms with van der Waals surface area (Å²) < 4.78 is 2.07. The second-order valence-corrected chi connectivity index (χ2v) is 3.75. The molecule has 0 atom stereocenters. The molecule has 0 unspecified atom stereocenters. The van der Waals surface area contributed by atoms with E-state index in [0.717, 1.165) is 12.5 Å². The Morgan fingerprint density at radius 3 is 2.92 bits per heavy atom. The summed E-state index contributed by atoms with van der Waals surface area (Å²) in [7, 11) is 0. The van der Waals surface area contributed by atoms with E-state index in [0.29, 0.717) is 6.54 Å². The fourth-order valence-electron chi connectivity index (χ4n) is 2.22. The Hall–Kier alpha value is -0.830. The summed E-state index contributed by atoms with van der Waals surface area (Å²) in [5.41, 5.74) is 6.92. The van der Waals surface area contributed by atoms with Crippen molar-refractivity contribution in [2.75, 3.05) is 6.54 Å².